The fourth-order valence-corrected chi connectivity index (χ4v) is 1.89. The molecule has 1 aromatic carbocycles. The minimum atomic E-state index is -0.226. The van der Waals surface area contributed by atoms with Crippen LogP contribution in [-0.2, 0) is 0 Å². The molecule has 0 saturated carbocycles. The molecule has 0 bridgehead atoms. The molecular weight excluding hydrogens is 270 g/mol. The van der Waals surface area contributed by atoms with E-state index in [4.69, 9.17) is 18.0 Å². The van der Waals surface area contributed by atoms with Crippen LogP contribution in [0.3, 0.4) is 0 Å². The Morgan fingerprint density at radius 2 is 1.95 bits per heavy atom. The van der Waals surface area contributed by atoms with Gasteiger partial charge >= 0.3 is 0 Å². The summed E-state index contributed by atoms with van der Waals surface area (Å²) in [5.41, 5.74) is 7.52. The lowest BCUT2D eigenvalue weighted by Crippen LogP contribution is -2.27. The molecule has 1 amide bonds. The molecule has 0 saturated heterocycles. The summed E-state index contributed by atoms with van der Waals surface area (Å²) in [6.45, 7) is 1.93. The molecule has 1 heterocycles. The zero-order chi connectivity index (χ0) is 14.5. The van der Waals surface area contributed by atoms with Crippen molar-refractivity contribution < 1.29 is 4.79 Å². The summed E-state index contributed by atoms with van der Waals surface area (Å²) < 4.78 is 0. The van der Waals surface area contributed by atoms with Gasteiger partial charge in [0.1, 0.15) is 10.7 Å². The third-order valence-electron chi connectivity index (χ3n) is 2.93. The van der Waals surface area contributed by atoms with Crippen LogP contribution in [0.15, 0.2) is 48.7 Å². The van der Waals surface area contributed by atoms with Crippen molar-refractivity contribution in [3.05, 3.63) is 65.5 Å². The molecule has 2 aromatic rings. The van der Waals surface area contributed by atoms with E-state index in [1.807, 2.05) is 37.3 Å². The molecule has 4 nitrogen and oxygen atoms in total. The van der Waals surface area contributed by atoms with Gasteiger partial charge in [-0.1, -0.05) is 42.5 Å². The molecular formula is C15H15N3OS. The maximum Gasteiger partial charge on any atom is 0.270 e. The van der Waals surface area contributed by atoms with E-state index in [1.165, 1.54) is 6.20 Å². The number of rotatable bonds is 4. The number of amides is 1. The highest BCUT2D eigenvalue weighted by Gasteiger charge is 2.12. The van der Waals surface area contributed by atoms with E-state index < -0.39 is 0 Å². The molecule has 3 N–H and O–H groups in total. The second-order valence-corrected chi connectivity index (χ2v) is 4.84. The van der Waals surface area contributed by atoms with Crippen LogP contribution < -0.4 is 11.1 Å². The predicted molar refractivity (Wildman–Crippen MR) is 82.4 cm³/mol. The van der Waals surface area contributed by atoms with Crippen molar-refractivity contribution in [3.63, 3.8) is 0 Å². The van der Waals surface area contributed by atoms with Crippen LogP contribution in [-0.4, -0.2) is 15.9 Å². The highest BCUT2D eigenvalue weighted by Crippen LogP contribution is 2.12. The Balaban J connectivity index is 2.06. The van der Waals surface area contributed by atoms with Crippen LogP contribution >= 0.6 is 12.2 Å². The summed E-state index contributed by atoms with van der Waals surface area (Å²) >= 11 is 4.84. The lowest BCUT2D eigenvalue weighted by atomic mass is 10.1. The second kappa shape index (κ2) is 6.25. The first kappa shape index (κ1) is 14.1. The van der Waals surface area contributed by atoms with E-state index in [1.54, 1.807) is 12.1 Å². The summed E-state index contributed by atoms with van der Waals surface area (Å²) in [6.07, 6.45) is 1.50. The van der Waals surface area contributed by atoms with Crippen LogP contribution in [0.4, 0.5) is 0 Å². The van der Waals surface area contributed by atoms with Gasteiger partial charge in [0.25, 0.3) is 5.91 Å². The van der Waals surface area contributed by atoms with Gasteiger partial charge in [-0.2, -0.15) is 0 Å². The highest BCUT2D eigenvalue weighted by atomic mass is 32.1. The fraction of sp³-hybridized carbons (Fsp3) is 0.133. The minimum absolute atomic E-state index is 0.0826. The zero-order valence-electron chi connectivity index (χ0n) is 11.0. The number of benzene rings is 1. The standard InChI is InChI=1S/C15H15N3OS/c1-10(11-5-3-2-4-6-11)18-15(19)13-8-7-12(9-17-13)14(16)20/h2-10H,1H3,(H2,16,20)(H,18,19). The summed E-state index contributed by atoms with van der Waals surface area (Å²) in [5, 5.41) is 2.90. The first-order valence-electron chi connectivity index (χ1n) is 6.19. The third kappa shape index (κ3) is 3.39. The topological polar surface area (TPSA) is 68.0 Å². The van der Waals surface area contributed by atoms with Crippen molar-refractivity contribution in [2.75, 3.05) is 0 Å². The van der Waals surface area contributed by atoms with E-state index in [-0.39, 0.29) is 16.9 Å². The Morgan fingerprint density at radius 1 is 1.25 bits per heavy atom. The minimum Gasteiger partial charge on any atom is -0.389 e. The van der Waals surface area contributed by atoms with E-state index >= 15 is 0 Å². The Morgan fingerprint density at radius 3 is 2.50 bits per heavy atom. The van der Waals surface area contributed by atoms with E-state index in [0.29, 0.717) is 11.3 Å². The largest absolute Gasteiger partial charge is 0.389 e. The van der Waals surface area contributed by atoms with Crippen molar-refractivity contribution in [1.82, 2.24) is 10.3 Å². The Labute approximate surface area is 123 Å². The summed E-state index contributed by atoms with van der Waals surface area (Å²) in [5.74, 6) is -0.226. The second-order valence-electron chi connectivity index (χ2n) is 4.40. The molecule has 0 spiro atoms. The number of nitrogens with two attached hydrogens (primary N) is 1. The third-order valence-corrected chi connectivity index (χ3v) is 3.16. The molecule has 0 aliphatic rings. The number of hydrogen-bond donors (Lipinski definition) is 2. The van der Waals surface area contributed by atoms with Crippen molar-refractivity contribution in [2.45, 2.75) is 13.0 Å². The van der Waals surface area contributed by atoms with Gasteiger partial charge < -0.3 is 11.1 Å². The average Bonchev–Trinajstić information content (AvgIpc) is 2.48. The number of aromatic nitrogens is 1. The molecule has 0 radical (unpaired) electrons. The van der Waals surface area contributed by atoms with Gasteiger partial charge in [-0.25, -0.2) is 0 Å². The van der Waals surface area contributed by atoms with Crippen LogP contribution in [0, 0.1) is 0 Å². The van der Waals surface area contributed by atoms with Gasteiger partial charge in [0.05, 0.1) is 6.04 Å². The highest BCUT2D eigenvalue weighted by molar-refractivity contribution is 7.80. The van der Waals surface area contributed by atoms with E-state index in [2.05, 4.69) is 10.3 Å². The first-order valence-corrected chi connectivity index (χ1v) is 6.60. The Kier molecular flexibility index (Phi) is 4.42. The summed E-state index contributed by atoms with van der Waals surface area (Å²) in [4.78, 5) is 16.4. The molecule has 20 heavy (non-hydrogen) atoms. The lowest BCUT2D eigenvalue weighted by Gasteiger charge is -2.13. The SMILES string of the molecule is CC(NC(=O)c1ccc(C(N)=S)cn1)c1ccccc1. The van der Waals surface area contributed by atoms with Crippen LogP contribution in [0.25, 0.3) is 0 Å². The zero-order valence-corrected chi connectivity index (χ0v) is 11.9. The van der Waals surface area contributed by atoms with Crippen molar-refractivity contribution >= 4 is 23.1 Å². The summed E-state index contributed by atoms with van der Waals surface area (Å²) in [7, 11) is 0. The quantitative estimate of drug-likeness (QED) is 0.845. The molecule has 1 atom stereocenters. The van der Waals surface area contributed by atoms with Gasteiger partial charge in [-0.15, -0.1) is 0 Å². The average molecular weight is 285 g/mol. The molecule has 0 aliphatic heterocycles. The maximum absolute atomic E-state index is 12.1. The first-order chi connectivity index (χ1) is 9.58. The van der Waals surface area contributed by atoms with Gasteiger partial charge in [-0.3, -0.25) is 9.78 Å². The van der Waals surface area contributed by atoms with Gasteiger partial charge in [0, 0.05) is 11.8 Å². The van der Waals surface area contributed by atoms with Gasteiger partial charge in [-0.05, 0) is 24.6 Å². The monoisotopic (exact) mass is 285 g/mol. The van der Waals surface area contributed by atoms with Crippen molar-refractivity contribution in [1.29, 1.82) is 0 Å². The molecule has 0 fully saturated rings. The van der Waals surface area contributed by atoms with Crippen molar-refractivity contribution in [3.8, 4) is 0 Å². The maximum atomic E-state index is 12.1. The number of nitrogens with one attached hydrogen (secondary N) is 1. The Hall–Kier alpha value is -2.27. The molecule has 0 aliphatic carbocycles. The normalized spacial score (nSPS) is 11.7. The van der Waals surface area contributed by atoms with Gasteiger partial charge in [0.2, 0.25) is 0 Å². The van der Waals surface area contributed by atoms with Gasteiger partial charge in [0.15, 0.2) is 0 Å². The predicted octanol–water partition coefficient (Wildman–Crippen LogP) is 2.21. The van der Waals surface area contributed by atoms with Crippen molar-refractivity contribution in [2.24, 2.45) is 5.73 Å². The smallest absolute Gasteiger partial charge is 0.270 e. The number of thiocarbonyl (C=S) groups is 1. The Bertz CT molecular complexity index is 611. The van der Waals surface area contributed by atoms with Crippen LogP contribution in [0.1, 0.15) is 34.6 Å². The molecule has 2 rings (SSSR count). The van der Waals surface area contributed by atoms with E-state index in [9.17, 15) is 4.79 Å². The number of carbonyl (C=O) groups excluding carboxylic acids is 1. The number of pyridine rings is 1. The molecule has 102 valence electrons. The number of carbonyl (C=O) groups is 1. The van der Waals surface area contributed by atoms with E-state index in [0.717, 1.165) is 5.56 Å². The molecule has 1 unspecified atom stereocenters. The number of hydrogen-bond acceptors (Lipinski definition) is 3. The summed E-state index contributed by atoms with van der Waals surface area (Å²) in [6, 6.07) is 13.0. The van der Waals surface area contributed by atoms with Crippen LogP contribution in [0.5, 0.6) is 0 Å². The molecule has 5 heteroatoms. The lowest BCUT2D eigenvalue weighted by molar-refractivity contribution is 0.0935. The number of nitrogens with zero attached hydrogens (tertiary/aromatic N) is 1. The van der Waals surface area contributed by atoms with Crippen LogP contribution in [0.2, 0.25) is 0 Å². The molecule has 1 aromatic heterocycles. The fourth-order valence-electron chi connectivity index (χ4n) is 1.77.